The third-order valence-electron chi connectivity index (χ3n) is 3.56. The molecule has 1 aliphatic carbocycles. The van der Waals surface area contributed by atoms with Gasteiger partial charge in [-0.05, 0) is 49.1 Å². The lowest BCUT2D eigenvalue weighted by atomic mass is 9.84. The molecule has 1 nitrogen and oxygen atoms in total. The van der Waals surface area contributed by atoms with E-state index in [0.717, 1.165) is 11.8 Å². The monoisotopic (exact) mass is 216 g/mol. The Balaban J connectivity index is 2.36. The number of aryl methyl sites for hydroxylation is 1. The molecule has 1 aliphatic rings. The standard InChI is InChI=1S/C15H20O/c1-11(2)9-15(6-7-15)14-5-4-12(3)8-13(14)10-16/h4-5,8,10-11H,6-7,9H2,1-3H3. The molecule has 86 valence electrons. The van der Waals surface area contributed by atoms with Gasteiger partial charge in [0.1, 0.15) is 6.29 Å². The number of benzene rings is 1. The summed E-state index contributed by atoms with van der Waals surface area (Å²) in [4.78, 5) is 11.1. The van der Waals surface area contributed by atoms with Gasteiger partial charge >= 0.3 is 0 Å². The quantitative estimate of drug-likeness (QED) is 0.698. The van der Waals surface area contributed by atoms with Crippen LogP contribution in [0.2, 0.25) is 0 Å². The molecule has 0 bridgehead atoms. The zero-order valence-electron chi connectivity index (χ0n) is 10.4. The SMILES string of the molecule is Cc1ccc(C2(CC(C)C)CC2)c(C=O)c1. The molecule has 0 atom stereocenters. The summed E-state index contributed by atoms with van der Waals surface area (Å²) >= 11 is 0. The zero-order valence-corrected chi connectivity index (χ0v) is 10.4. The molecule has 0 saturated heterocycles. The maximum absolute atomic E-state index is 11.1. The summed E-state index contributed by atoms with van der Waals surface area (Å²) in [6, 6.07) is 6.31. The van der Waals surface area contributed by atoms with E-state index in [1.807, 2.05) is 13.0 Å². The van der Waals surface area contributed by atoms with Gasteiger partial charge in [0.15, 0.2) is 0 Å². The molecule has 16 heavy (non-hydrogen) atoms. The van der Waals surface area contributed by atoms with Crippen molar-refractivity contribution in [1.29, 1.82) is 0 Å². The zero-order chi connectivity index (χ0) is 11.8. The van der Waals surface area contributed by atoms with Gasteiger partial charge in [-0.3, -0.25) is 4.79 Å². The van der Waals surface area contributed by atoms with Crippen LogP contribution in [0, 0.1) is 12.8 Å². The summed E-state index contributed by atoms with van der Waals surface area (Å²) in [6.45, 7) is 6.56. The van der Waals surface area contributed by atoms with Crippen LogP contribution in [0.15, 0.2) is 18.2 Å². The molecule has 1 aromatic rings. The van der Waals surface area contributed by atoms with Crippen LogP contribution in [-0.2, 0) is 5.41 Å². The van der Waals surface area contributed by atoms with Gasteiger partial charge in [-0.25, -0.2) is 0 Å². The van der Waals surface area contributed by atoms with Crippen molar-refractivity contribution in [2.45, 2.75) is 45.4 Å². The number of aldehydes is 1. The molecule has 1 heteroatoms. The van der Waals surface area contributed by atoms with E-state index in [1.54, 1.807) is 0 Å². The summed E-state index contributed by atoms with van der Waals surface area (Å²) in [5.74, 6) is 0.698. The minimum Gasteiger partial charge on any atom is -0.298 e. The van der Waals surface area contributed by atoms with Gasteiger partial charge in [-0.1, -0.05) is 31.5 Å². The molecule has 0 heterocycles. The molecule has 1 fully saturated rings. The number of carbonyl (C=O) groups excluding carboxylic acids is 1. The maximum Gasteiger partial charge on any atom is 0.150 e. The van der Waals surface area contributed by atoms with Crippen molar-refractivity contribution >= 4 is 6.29 Å². The van der Waals surface area contributed by atoms with Crippen molar-refractivity contribution in [3.05, 3.63) is 34.9 Å². The minimum atomic E-state index is 0.318. The van der Waals surface area contributed by atoms with E-state index in [2.05, 4.69) is 26.0 Å². The first kappa shape index (κ1) is 11.4. The third kappa shape index (κ3) is 2.04. The Morgan fingerprint density at radius 3 is 2.56 bits per heavy atom. The Morgan fingerprint density at radius 1 is 1.38 bits per heavy atom. The second-order valence-electron chi connectivity index (χ2n) is 5.59. The van der Waals surface area contributed by atoms with E-state index < -0.39 is 0 Å². The fourth-order valence-electron chi connectivity index (χ4n) is 2.78. The predicted molar refractivity (Wildman–Crippen MR) is 66.9 cm³/mol. The number of hydrogen-bond acceptors (Lipinski definition) is 1. The van der Waals surface area contributed by atoms with E-state index in [0.29, 0.717) is 11.3 Å². The molecule has 0 unspecified atom stereocenters. The molecule has 2 rings (SSSR count). The first-order valence-electron chi connectivity index (χ1n) is 6.14. The number of hydrogen-bond donors (Lipinski definition) is 0. The lowest BCUT2D eigenvalue weighted by Gasteiger charge is -2.20. The van der Waals surface area contributed by atoms with Crippen LogP contribution in [0.4, 0.5) is 0 Å². The minimum absolute atomic E-state index is 0.318. The van der Waals surface area contributed by atoms with E-state index >= 15 is 0 Å². The highest BCUT2D eigenvalue weighted by Gasteiger charge is 2.45. The van der Waals surface area contributed by atoms with Gasteiger partial charge in [-0.15, -0.1) is 0 Å². The molecule has 0 radical (unpaired) electrons. The molecular weight excluding hydrogens is 196 g/mol. The fourth-order valence-corrected chi connectivity index (χ4v) is 2.78. The van der Waals surface area contributed by atoms with E-state index in [-0.39, 0.29) is 0 Å². The first-order chi connectivity index (χ1) is 7.57. The average Bonchev–Trinajstić information content (AvgIpc) is 2.97. The maximum atomic E-state index is 11.1. The summed E-state index contributed by atoms with van der Waals surface area (Å²) in [7, 11) is 0. The highest BCUT2D eigenvalue weighted by molar-refractivity contribution is 5.79. The molecule has 0 N–H and O–H groups in total. The van der Waals surface area contributed by atoms with Crippen LogP contribution in [0.3, 0.4) is 0 Å². The fraction of sp³-hybridized carbons (Fsp3) is 0.533. The molecule has 0 aliphatic heterocycles. The van der Waals surface area contributed by atoms with Crippen molar-refractivity contribution in [2.24, 2.45) is 5.92 Å². The molecule has 1 aromatic carbocycles. The van der Waals surface area contributed by atoms with Gasteiger partial charge < -0.3 is 0 Å². The van der Waals surface area contributed by atoms with Crippen LogP contribution in [0.25, 0.3) is 0 Å². The van der Waals surface area contributed by atoms with E-state index in [4.69, 9.17) is 0 Å². The Morgan fingerprint density at radius 2 is 2.06 bits per heavy atom. The summed E-state index contributed by atoms with van der Waals surface area (Å²) in [5, 5.41) is 0. The van der Waals surface area contributed by atoms with E-state index in [1.165, 1.54) is 30.4 Å². The molecule has 0 aromatic heterocycles. The predicted octanol–water partition coefficient (Wildman–Crippen LogP) is 3.89. The van der Waals surface area contributed by atoms with Crippen LogP contribution in [0.5, 0.6) is 0 Å². The Labute approximate surface area is 97.9 Å². The second-order valence-corrected chi connectivity index (χ2v) is 5.59. The third-order valence-corrected chi connectivity index (χ3v) is 3.56. The molecule has 0 spiro atoms. The van der Waals surface area contributed by atoms with Gasteiger partial charge in [0.25, 0.3) is 0 Å². The second kappa shape index (κ2) is 4.04. The summed E-state index contributed by atoms with van der Waals surface area (Å²) in [5.41, 5.74) is 3.67. The van der Waals surface area contributed by atoms with Crippen molar-refractivity contribution in [3.63, 3.8) is 0 Å². The largest absolute Gasteiger partial charge is 0.298 e. The van der Waals surface area contributed by atoms with Gasteiger partial charge in [-0.2, -0.15) is 0 Å². The van der Waals surface area contributed by atoms with Crippen LogP contribution in [0.1, 0.15) is 54.6 Å². The van der Waals surface area contributed by atoms with Gasteiger partial charge in [0, 0.05) is 5.56 Å². The average molecular weight is 216 g/mol. The highest BCUT2D eigenvalue weighted by Crippen LogP contribution is 2.53. The molecular formula is C15H20O. The van der Waals surface area contributed by atoms with Crippen LogP contribution >= 0.6 is 0 Å². The highest BCUT2D eigenvalue weighted by atomic mass is 16.1. The van der Waals surface area contributed by atoms with Gasteiger partial charge in [0.2, 0.25) is 0 Å². The van der Waals surface area contributed by atoms with Crippen molar-refractivity contribution < 1.29 is 4.79 Å². The topological polar surface area (TPSA) is 17.1 Å². The summed E-state index contributed by atoms with van der Waals surface area (Å²) in [6.07, 6.45) is 4.71. The normalized spacial score (nSPS) is 17.5. The lowest BCUT2D eigenvalue weighted by molar-refractivity contribution is 0.112. The Kier molecular flexibility index (Phi) is 2.88. The first-order valence-corrected chi connectivity index (χ1v) is 6.14. The lowest BCUT2D eigenvalue weighted by Crippen LogP contribution is -2.12. The van der Waals surface area contributed by atoms with Crippen molar-refractivity contribution in [3.8, 4) is 0 Å². The van der Waals surface area contributed by atoms with Gasteiger partial charge in [0.05, 0.1) is 0 Å². The Hall–Kier alpha value is -1.11. The van der Waals surface area contributed by atoms with Crippen molar-refractivity contribution in [2.75, 3.05) is 0 Å². The number of carbonyl (C=O) groups is 1. The van der Waals surface area contributed by atoms with Crippen molar-refractivity contribution in [1.82, 2.24) is 0 Å². The number of rotatable bonds is 4. The molecule has 1 saturated carbocycles. The van der Waals surface area contributed by atoms with Crippen LogP contribution in [-0.4, -0.2) is 6.29 Å². The Bertz CT molecular complexity index is 400. The molecule has 0 amide bonds. The summed E-state index contributed by atoms with van der Waals surface area (Å²) < 4.78 is 0. The van der Waals surface area contributed by atoms with Crippen LogP contribution < -0.4 is 0 Å². The smallest absolute Gasteiger partial charge is 0.150 e. The van der Waals surface area contributed by atoms with E-state index in [9.17, 15) is 4.79 Å².